The summed E-state index contributed by atoms with van der Waals surface area (Å²) in [7, 11) is -4.94. The van der Waals surface area contributed by atoms with Crippen LogP contribution in [0.2, 0.25) is 0 Å². The van der Waals surface area contributed by atoms with Gasteiger partial charge in [0.1, 0.15) is 12.2 Å². The first-order valence-electron chi connectivity index (χ1n) is 2.49. The molecular formula is C5H2F3O4P. The molecule has 0 rings (SSSR count). The smallest absolute Gasteiger partial charge is 0.341 e. The van der Waals surface area contributed by atoms with Gasteiger partial charge in [-0.25, -0.2) is 4.57 Å². The molecule has 0 atom stereocenters. The zero-order chi connectivity index (χ0) is 10.5. The number of alkyl halides is 3. The Labute approximate surface area is 71.6 Å². The lowest BCUT2D eigenvalue weighted by Crippen LogP contribution is -2.12. The fraction of sp³-hybridized carbons (Fsp3) is 0.200. The van der Waals surface area contributed by atoms with Gasteiger partial charge in [0.15, 0.2) is 0 Å². The van der Waals surface area contributed by atoms with Gasteiger partial charge in [-0.1, -0.05) is 12.8 Å². The highest BCUT2D eigenvalue weighted by Gasteiger charge is 2.45. The van der Waals surface area contributed by atoms with Crippen molar-refractivity contribution in [3.8, 4) is 25.1 Å². The minimum atomic E-state index is -5.22. The molecule has 0 aliphatic heterocycles. The van der Waals surface area contributed by atoms with Gasteiger partial charge >= 0.3 is 14.2 Å². The maximum atomic E-state index is 11.5. The van der Waals surface area contributed by atoms with E-state index in [2.05, 4.69) is 26.4 Å². The zero-order valence-corrected chi connectivity index (χ0v) is 6.76. The van der Waals surface area contributed by atoms with Gasteiger partial charge in [0.25, 0.3) is 0 Å². The average molecular weight is 214 g/mol. The van der Waals surface area contributed by atoms with E-state index in [4.69, 9.17) is 0 Å². The van der Waals surface area contributed by atoms with Crippen molar-refractivity contribution in [2.75, 3.05) is 0 Å². The average Bonchev–Trinajstić information content (AvgIpc) is 1.82. The lowest BCUT2D eigenvalue weighted by molar-refractivity contribution is -0.281. The molecule has 0 aliphatic rings. The van der Waals surface area contributed by atoms with E-state index in [0.29, 0.717) is 0 Å². The van der Waals surface area contributed by atoms with Crippen LogP contribution < -0.4 is 0 Å². The summed E-state index contributed by atoms with van der Waals surface area (Å²) in [5.74, 6) is 0. The van der Waals surface area contributed by atoms with Crippen LogP contribution in [0.1, 0.15) is 0 Å². The highest BCUT2D eigenvalue weighted by molar-refractivity contribution is 7.48. The van der Waals surface area contributed by atoms with Crippen molar-refractivity contribution in [3.05, 3.63) is 0 Å². The van der Waals surface area contributed by atoms with Gasteiger partial charge in [-0.15, -0.1) is 13.2 Å². The van der Waals surface area contributed by atoms with E-state index < -0.39 is 14.2 Å². The van der Waals surface area contributed by atoms with Gasteiger partial charge < -0.3 is 9.05 Å². The van der Waals surface area contributed by atoms with Crippen LogP contribution in [0.5, 0.6) is 0 Å². The van der Waals surface area contributed by atoms with Crippen LogP contribution in [-0.2, 0) is 18.1 Å². The number of phosphoric acid groups is 1. The van der Waals surface area contributed by atoms with Gasteiger partial charge in [0.05, 0.1) is 0 Å². The van der Waals surface area contributed by atoms with Crippen LogP contribution in [0.25, 0.3) is 0 Å². The van der Waals surface area contributed by atoms with Crippen LogP contribution in [0.15, 0.2) is 0 Å². The highest BCUT2D eigenvalue weighted by Crippen LogP contribution is 2.53. The molecule has 4 nitrogen and oxygen atoms in total. The predicted octanol–water partition coefficient (Wildman–Crippen LogP) is 1.85. The largest absolute Gasteiger partial charge is 0.611 e. The number of hydrogen-bond acceptors (Lipinski definition) is 4. The quantitative estimate of drug-likeness (QED) is 0.531. The Balaban J connectivity index is 4.56. The third kappa shape index (κ3) is 5.02. The Kier molecular flexibility index (Phi) is 3.68. The van der Waals surface area contributed by atoms with Crippen LogP contribution in [-0.4, -0.2) is 6.36 Å². The van der Waals surface area contributed by atoms with Crippen LogP contribution in [0.4, 0.5) is 13.2 Å². The molecule has 0 aliphatic carbocycles. The third-order valence-corrected chi connectivity index (χ3v) is 1.63. The molecule has 0 saturated heterocycles. The normalized spacial score (nSPS) is 11.2. The molecule has 0 amide bonds. The topological polar surface area (TPSA) is 44.8 Å². The molecule has 0 bridgehead atoms. The van der Waals surface area contributed by atoms with Gasteiger partial charge in [-0.2, -0.15) is 4.52 Å². The van der Waals surface area contributed by atoms with Gasteiger partial charge in [-0.3, -0.25) is 0 Å². The lowest BCUT2D eigenvalue weighted by Gasteiger charge is -2.12. The van der Waals surface area contributed by atoms with Crippen molar-refractivity contribution in [3.63, 3.8) is 0 Å². The van der Waals surface area contributed by atoms with Crippen molar-refractivity contribution in [2.45, 2.75) is 6.36 Å². The number of phosphoric ester groups is 1. The number of terminal acetylenes is 2. The first kappa shape index (κ1) is 11.7. The van der Waals surface area contributed by atoms with Crippen molar-refractivity contribution >= 4 is 7.82 Å². The molecule has 13 heavy (non-hydrogen) atoms. The fourth-order valence-corrected chi connectivity index (χ4v) is 0.935. The Hall–Kier alpha value is -1.30. The van der Waals surface area contributed by atoms with Crippen LogP contribution in [0, 0.1) is 25.1 Å². The van der Waals surface area contributed by atoms with Gasteiger partial charge in [0.2, 0.25) is 0 Å². The van der Waals surface area contributed by atoms with Crippen molar-refractivity contribution in [2.24, 2.45) is 0 Å². The molecule has 0 unspecified atom stereocenters. The molecule has 0 saturated carbocycles. The Bertz CT molecular complexity index is 276. The maximum absolute atomic E-state index is 11.5. The predicted molar refractivity (Wildman–Crippen MR) is 34.6 cm³/mol. The Morgan fingerprint density at radius 1 is 1.15 bits per heavy atom. The van der Waals surface area contributed by atoms with Gasteiger partial charge in [-0.05, 0) is 0 Å². The Morgan fingerprint density at radius 3 is 1.77 bits per heavy atom. The van der Waals surface area contributed by atoms with E-state index in [1.165, 1.54) is 12.2 Å². The molecule has 0 N–H and O–H groups in total. The molecule has 0 aromatic rings. The zero-order valence-electron chi connectivity index (χ0n) is 5.87. The minimum Gasteiger partial charge on any atom is -0.341 e. The summed E-state index contributed by atoms with van der Waals surface area (Å²) in [5, 5.41) is 0. The third-order valence-electron chi connectivity index (χ3n) is 0.544. The molecule has 0 fully saturated rings. The maximum Gasteiger partial charge on any atom is 0.611 e. The summed E-state index contributed by atoms with van der Waals surface area (Å²) in [5.41, 5.74) is 0. The first-order valence-corrected chi connectivity index (χ1v) is 3.95. The monoisotopic (exact) mass is 214 g/mol. The molecule has 0 spiro atoms. The van der Waals surface area contributed by atoms with E-state index >= 15 is 0 Å². The summed E-state index contributed by atoms with van der Waals surface area (Å²) in [6.07, 6.45) is 6.04. The van der Waals surface area contributed by atoms with E-state index in [-0.39, 0.29) is 0 Å². The minimum absolute atomic E-state index is 1.21. The summed E-state index contributed by atoms with van der Waals surface area (Å²) in [6, 6.07) is 0. The SMILES string of the molecule is C#COP(=O)(OC#C)OC(F)(F)F. The Morgan fingerprint density at radius 2 is 1.54 bits per heavy atom. The summed E-state index contributed by atoms with van der Waals surface area (Å²) in [6.45, 7) is 0. The van der Waals surface area contributed by atoms with Crippen molar-refractivity contribution in [1.82, 2.24) is 0 Å². The number of hydrogen-bond donors (Lipinski definition) is 0. The van der Waals surface area contributed by atoms with E-state index in [0.717, 1.165) is 0 Å². The van der Waals surface area contributed by atoms with Crippen molar-refractivity contribution in [1.29, 1.82) is 0 Å². The number of halogens is 3. The highest BCUT2D eigenvalue weighted by atomic mass is 31.2. The first-order chi connectivity index (χ1) is 5.83. The van der Waals surface area contributed by atoms with E-state index in [1.54, 1.807) is 0 Å². The summed E-state index contributed by atoms with van der Waals surface area (Å²) < 4.78 is 55.5. The van der Waals surface area contributed by atoms with Crippen LogP contribution in [0.3, 0.4) is 0 Å². The summed E-state index contributed by atoms with van der Waals surface area (Å²) in [4.78, 5) is 0. The molecule has 0 aromatic heterocycles. The molecule has 72 valence electrons. The van der Waals surface area contributed by atoms with Crippen LogP contribution >= 0.6 is 7.82 Å². The fourth-order valence-electron chi connectivity index (χ4n) is 0.312. The number of rotatable bonds is 3. The molecule has 8 heteroatoms. The second kappa shape index (κ2) is 4.08. The van der Waals surface area contributed by atoms with Gasteiger partial charge in [0, 0.05) is 0 Å². The van der Waals surface area contributed by atoms with Crippen molar-refractivity contribution < 1.29 is 31.3 Å². The molecular weight excluding hydrogens is 212 g/mol. The second-order valence-electron chi connectivity index (χ2n) is 1.40. The molecule has 0 heterocycles. The van der Waals surface area contributed by atoms with E-state index in [1.807, 2.05) is 0 Å². The molecule has 0 aromatic carbocycles. The lowest BCUT2D eigenvalue weighted by atomic mass is 11.3. The standard InChI is InChI=1S/C5H2F3O4P/c1-3-10-13(9,11-4-2)12-5(6,7)8/h1-2H. The summed E-state index contributed by atoms with van der Waals surface area (Å²) >= 11 is 0. The molecule has 0 radical (unpaired) electrons. The van der Waals surface area contributed by atoms with E-state index in [9.17, 15) is 17.7 Å². The second-order valence-corrected chi connectivity index (χ2v) is 2.84.